The van der Waals surface area contributed by atoms with Gasteiger partial charge in [0.15, 0.2) is 0 Å². The highest BCUT2D eigenvalue weighted by molar-refractivity contribution is 6.00. The molecule has 0 aliphatic heterocycles. The summed E-state index contributed by atoms with van der Waals surface area (Å²) in [4.78, 5) is 15.7. The van der Waals surface area contributed by atoms with Crippen LogP contribution in [0.5, 0.6) is 5.75 Å². The van der Waals surface area contributed by atoms with Crippen molar-refractivity contribution in [2.45, 2.75) is 13.8 Å². The predicted molar refractivity (Wildman–Crippen MR) is 81.5 cm³/mol. The Labute approximate surface area is 123 Å². The maximum atomic E-state index is 11.8. The van der Waals surface area contributed by atoms with Crippen molar-refractivity contribution in [3.8, 4) is 5.75 Å². The molecule has 0 aliphatic carbocycles. The molecule has 1 N–H and O–H groups in total. The third kappa shape index (κ3) is 4.14. The fourth-order valence-corrected chi connectivity index (χ4v) is 1.72. The lowest BCUT2D eigenvalue weighted by molar-refractivity contribution is 0.0954. The smallest absolute Gasteiger partial charge is 0.272 e. The summed E-state index contributed by atoms with van der Waals surface area (Å²) >= 11 is 0. The molecule has 0 fully saturated rings. The summed E-state index contributed by atoms with van der Waals surface area (Å²) in [5, 5.41) is 4.09. The lowest BCUT2D eigenvalue weighted by Gasteiger charge is -2.05. The van der Waals surface area contributed by atoms with Gasteiger partial charge >= 0.3 is 0 Å². The van der Waals surface area contributed by atoms with Gasteiger partial charge in [0.1, 0.15) is 5.75 Å². The number of ether oxygens (including phenoxy) is 1. The molecule has 21 heavy (non-hydrogen) atoms. The van der Waals surface area contributed by atoms with Gasteiger partial charge in [0, 0.05) is 12.4 Å². The van der Waals surface area contributed by atoms with Gasteiger partial charge in [0.05, 0.1) is 17.9 Å². The number of benzene rings is 1. The van der Waals surface area contributed by atoms with E-state index in [1.807, 2.05) is 38.1 Å². The first-order valence-corrected chi connectivity index (χ1v) is 6.68. The van der Waals surface area contributed by atoms with Crippen molar-refractivity contribution in [2.24, 2.45) is 5.10 Å². The van der Waals surface area contributed by atoms with Crippen molar-refractivity contribution < 1.29 is 9.53 Å². The van der Waals surface area contributed by atoms with E-state index in [0.29, 0.717) is 12.2 Å². The van der Waals surface area contributed by atoms with E-state index in [1.54, 1.807) is 18.3 Å². The van der Waals surface area contributed by atoms with Crippen molar-refractivity contribution in [3.63, 3.8) is 0 Å². The summed E-state index contributed by atoms with van der Waals surface area (Å²) in [7, 11) is 0. The number of rotatable bonds is 5. The molecule has 1 heterocycles. The highest BCUT2D eigenvalue weighted by Gasteiger charge is 2.04. The van der Waals surface area contributed by atoms with Crippen LogP contribution in [-0.2, 0) is 0 Å². The molecule has 1 aromatic heterocycles. The summed E-state index contributed by atoms with van der Waals surface area (Å²) in [6, 6.07) is 10.9. The topological polar surface area (TPSA) is 63.6 Å². The molecule has 0 unspecified atom stereocenters. The second-order valence-corrected chi connectivity index (χ2v) is 4.34. The van der Waals surface area contributed by atoms with Crippen LogP contribution < -0.4 is 10.2 Å². The quantitative estimate of drug-likeness (QED) is 0.677. The van der Waals surface area contributed by atoms with Crippen LogP contribution in [0.15, 0.2) is 53.9 Å². The maximum absolute atomic E-state index is 11.8. The van der Waals surface area contributed by atoms with E-state index >= 15 is 0 Å². The number of nitrogens with one attached hydrogen (secondary N) is 1. The number of carbonyl (C=O) groups is 1. The van der Waals surface area contributed by atoms with E-state index in [9.17, 15) is 4.79 Å². The van der Waals surface area contributed by atoms with E-state index < -0.39 is 0 Å². The molecule has 0 radical (unpaired) electrons. The van der Waals surface area contributed by atoms with Gasteiger partial charge in [-0.1, -0.05) is 0 Å². The van der Waals surface area contributed by atoms with Crippen LogP contribution in [0.25, 0.3) is 0 Å². The normalized spacial score (nSPS) is 11.0. The molecule has 2 aromatic rings. The average molecular weight is 283 g/mol. The molecule has 0 spiro atoms. The Balaban J connectivity index is 2.02. The Kier molecular flexibility index (Phi) is 5.04. The van der Waals surface area contributed by atoms with Crippen LogP contribution in [-0.4, -0.2) is 23.2 Å². The summed E-state index contributed by atoms with van der Waals surface area (Å²) in [5.41, 5.74) is 4.63. The Morgan fingerprint density at radius 1 is 1.24 bits per heavy atom. The van der Waals surface area contributed by atoms with Gasteiger partial charge < -0.3 is 4.74 Å². The van der Waals surface area contributed by atoms with Gasteiger partial charge in [0.2, 0.25) is 0 Å². The van der Waals surface area contributed by atoms with E-state index in [0.717, 1.165) is 17.0 Å². The zero-order valence-corrected chi connectivity index (χ0v) is 12.0. The Hall–Kier alpha value is -2.69. The molecule has 108 valence electrons. The second kappa shape index (κ2) is 7.19. The average Bonchev–Trinajstić information content (AvgIpc) is 2.54. The monoisotopic (exact) mass is 283 g/mol. The third-order valence-corrected chi connectivity index (χ3v) is 2.83. The Morgan fingerprint density at radius 3 is 2.62 bits per heavy atom. The number of aromatic nitrogens is 1. The number of carbonyl (C=O) groups excluding carboxylic acids is 1. The van der Waals surface area contributed by atoms with Crippen LogP contribution in [0.1, 0.15) is 29.8 Å². The van der Waals surface area contributed by atoms with Crippen LogP contribution in [0.2, 0.25) is 0 Å². The standard InChI is InChI=1S/C16H17N3O2/c1-3-21-15-8-6-13(7-9-15)12(2)18-19-16(20)14-5-4-10-17-11-14/h4-11H,3H2,1-2H3,(H,19,20)/b18-12-. The molecule has 1 amide bonds. The molecular weight excluding hydrogens is 266 g/mol. The van der Waals surface area contributed by atoms with Crippen molar-refractivity contribution in [1.82, 2.24) is 10.4 Å². The molecule has 5 heteroatoms. The summed E-state index contributed by atoms with van der Waals surface area (Å²) in [6.45, 7) is 4.40. The number of hydrazone groups is 1. The second-order valence-electron chi connectivity index (χ2n) is 4.34. The molecule has 0 saturated carbocycles. The number of nitrogens with zero attached hydrogens (tertiary/aromatic N) is 2. The molecule has 0 aliphatic rings. The maximum Gasteiger partial charge on any atom is 0.272 e. The van der Waals surface area contributed by atoms with Crippen molar-refractivity contribution in [2.75, 3.05) is 6.61 Å². The molecule has 5 nitrogen and oxygen atoms in total. The zero-order chi connectivity index (χ0) is 15.1. The summed E-state index contributed by atoms with van der Waals surface area (Å²) < 4.78 is 5.38. The Morgan fingerprint density at radius 2 is 2.00 bits per heavy atom. The molecular formula is C16H17N3O2. The minimum Gasteiger partial charge on any atom is -0.494 e. The van der Waals surface area contributed by atoms with E-state index in [2.05, 4.69) is 15.5 Å². The first-order valence-electron chi connectivity index (χ1n) is 6.68. The van der Waals surface area contributed by atoms with Crippen molar-refractivity contribution in [3.05, 3.63) is 59.9 Å². The number of pyridine rings is 1. The van der Waals surface area contributed by atoms with Gasteiger partial charge in [-0.2, -0.15) is 5.10 Å². The fourth-order valence-electron chi connectivity index (χ4n) is 1.72. The lowest BCUT2D eigenvalue weighted by atomic mass is 10.1. The first-order chi connectivity index (χ1) is 10.2. The molecule has 1 aromatic carbocycles. The van der Waals surface area contributed by atoms with Crippen LogP contribution >= 0.6 is 0 Å². The number of amides is 1. The first kappa shape index (κ1) is 14.7. The number of hydrogen-bond donors (Lipinski definition) is 1. The molecule has 0 saturated heterocycles. The minimum absolute atomic E-state index is 0.284. The van der Waals surface area contributed by atoms with Crippen molar-refractivity contribution in [1.29, 1.82) is 0 Å². The predicted octanol–water partition coefficient (Wildman–Crippen LogP) is 2.63. The lowest BCUT2D eigenvalue weighted by Crippen LogP contribution is -2.19. The molecule has 0 atom stereocenters. The van der Waals surface area contributed by atoms with Crippen LogP contribution in [0, 0.1) is 0 Å². The van der Waals surface area contributed by atoms with E-state index in [1.165, 1.54) is 6.20 Å². The SMILES string of the molecule is CCOc1ccc(/C(C)=N\NC(=O)c2cccnc2)cc1. The van der Waals surface area contributed by atoms with E-state index in [-0.39, 0.29) is 5.91 Å². The summed E-state index contributed by atoms with van der Waals surface area (Å²) in [6.07, 6.45) is 3.11. The largest absolute Gasteiger partial charge is 0.494 e. The summed E-state index contributed by atoms with van der Waals surface area (Å²) in [5.74, 6) is 0.529. The zero-order valence-electron chi connectivity index (χ0n) is 12.0. The van der Waals surface area contributed by atoms with Crippen LogP contribution in [0.3, 0.4) is 0 Å². The minimum atomic E-state index is -0.284. The van der Waals surface area contributed by atoms with Crippen LogP contribution in [0.4, 0.5) is 0 Å². The number of hydrogen-bond acceptors (Lipinski definition) is 4. The fraction of sp³-hybridized carbons (Fsp3) is 0.188. The third-order valence-electron chi connectivity index (χ3n) is 2.83. The van der Waals surface area contributed by atoms with Gasteiger partial charge in [-0.3, -0.25) is 9.78 Å². The van der Waals surface area contributed by atoms with Gasteiger partial charge in [0.25, 0.3) is 5.91 Å². The van der Waals surface area contributed by atoms with Gasteiger partial charge in [-0.15, -0.1) is 0 Å². The Bertz CT molecular complexity index is 622. The highest BCUT2D eigenvalue weighted by Crippen LogP contribution is 2.12. The molecule has 0 bridgehead atoms. The molecule has 2 rings (SSSR count). The van der Waals surface area contributed by atoms with Gasteiger partial charge in [-0.05, 0) is 55.8 Å². The van der Waals surface area contributed by atoms with E-state index in [4.69, 9.17) is 4.74 Å². The van der Waals surface area contributed by atoms with Gasteiger partial charge in [-0.25, -0.2) is 5.43 Å². The highest BCUT2D eigenvalue weighted by atomic mass is 16.5. The van der Waals surface area contributed by atoms with Crippen molar-refractivity contribution >= 4 is 11.6 Å².